The van der Waals surface area contributed by atoms with Gasteiger partial charge in [-0.05, 0) is 12.0 Å². The third-order valence-electron chi connectivity index (χ3n) is 3.88. The largest absolute Gasteiger partial charge is 0.329 e. The zero-order chi connectivity index (χ0) is 17.1. The Morgan fingerprint density at radius 3 is 2.67 bits per heavy atom. The SMILES string of the molecule is CCCCSc1nc2c(c(=O)[nH]c(=O)n2C)n1Cc1ccccc1. The molecule has 0 aliphatic carbocycles. The first kappa shape index (κ1) is 16.6. The van der Waals surface area contributed by atoms with E-state index in [2.05, 4.69) is 16.9 Å². The number of hydrogen-bond acceptors (Lipinski definition) is 4. The maximum atomic E-state index is 12.4. The minimum Gasteiger partial charge on any atom is -0.309 e. The molecule has 24 heavy (non-hydrogen) atoms. The highest BCUT2D eigenvalue weighted by Crippen LogP contribution is 2.23. The third kappa shape index (κ3) is 3.17. The van der Waals surface area contributed by atoms with Gasteiger partial charge in [0.25, 0.3) is 5.56 Å². The standard InChI is InChI=1S/C17H20N4O2S/c1-3-4-10-24-17-18-14-13(15(22)19-16(23)20(14)2)21(17)11-12-8-6-5-7-9-12/h5-9H,3-4,10-11H2,1-2H3,(H,19,22,23). The van der Waals surface area contributed by atoms with E-state index in [1.165, 1.54) is 4.57 Å². The molecule has 126 valence electrons. The zero-order valence-corrected chi connectivity index (χ0v) is 14.6. The molecule has 2 heterocycles. The van der Waals surface area contributed by atoms with Gasteiger partial charge < -0.3 is 4.57 Å². The van der Waals surface area contributed by atoms with Crippen LogP contribution in [0.25, 0.3) is 11.2 Å². The Kier molecular flexibility index (Phi) is 4.89. The maximum absolute atomic E-state index is 12.4. The van der Waals surface area contributed by atoms with Crippen molar-refractivity contribution in [2.45, 2.75) is 31.5 Å². The van der Waals surface area contributed by atoms with E-state index in [1.807, 2.05) is 34.9 Å². The van der Waals surface area contributed by atoms with Gasteiger partial charge in [-0.2, -0.15) is 0 Å². The Morgan fingerprint density at radius 1 is 1.21 bits per heavy atom. The van der Waals surface area contributed by atoms with Crippen molar-refractivity contribution in [2.24, 2.45) is 7.05 Å². The van der Waals surface area contributed by atoms with Crippen molar-refractivity contribution in [3.63, 3.8) is 0 Å². The van der Waals surface area contributed by atoms with Gasteiger partial charge in [0.1, 0.15) is 0 Å². The lowest BCUT2D eigenvalue weighted by molar-refractivity contribution is 0.727. The Balaban J connectivity index is 2.15. The molecule has 0 radical (unpaired) electrons. The summed E-state index contributed by atoms with van der Waals surface area (Å²) in [5.41, 5.74) is 1.13. The van der Waals surface area contributed by atoms with E-state index >= 15 is 0 Å². The van der Waals surface area contributed by atoms with Gasteiger partial charge in [0.15, 0.2) is 16.3 Å². The van der Waals surface area contributed by atoms with Gasteiger partial charge in [-0.1, -0.05) is 55.4 Å². The second kappa shape index (κ2) is 7.09. The van der Waals surface area contributed by atoms with E-state index in [9.17, 15) is 9.59 Å². The Morgan fingerprint density at radius 2 is 1.96 bits per heavy atom. The molecule has 1 aromatic carbocycles. The second-order valence-electron chi connectivity index (χ2n) is 5.66. The molecule has 0 spiro atoms. The summed E-state index contributed by atoms with van der Waals surface area (Å²) >= 11 is 1.62. The molecule has 0 atom stereocenters. The zero-order valence-electron chi connectivity index (χ0n) is 13.8. The molecule has 0 fully saturated rings. The number of imidazole rings is 1. The lowest BCUT2D eigenvalue weighted by Crippen LogP contribution is -2.29. The highest BCUT2D eigenvalue weighted by molar-refractivity contribution is 7.99. The summed E-state index contributed by atoms with van der Waals surface area (Å²) < 4.78 is 3.30. The van der Waals surface area contributed by atoms with E-state index in [0.717, 1.165) is 29.3 Å². The van der Waals surface area contributed by atoms with Crippen LogP contribution in [0.4, 0.5) is 0 Å². The number of fused-ring (bicyclic) bond motifs is 1. The number of nitrogens with one attached hydrogen (secondary N) is 1. The Bertz CT molecular complexity index is 956. The van der Waals surface area contributed by atoms with Crippen LogP contribution in [-0.4, -0.2) is 24.9 Å². The van der Waals surface area contributed by atoms with E-state index in [0.29, 0.717) is 17.7 Å². The molecule has 3 aromatic rings. The normalized spacial score (nSPS) is 11.2. The predicted octanol–water partition coefficient (Wildman–Crippen LogP) is 2.36. The van der Waals surface area contributed by atoms with Crippen LogP contribution >= 0.6 is 11.8 Å². The molecule has 0 unspecified atom stereocenters. The van der Waals surface area contributed by atoms with Gasteiger partial charge in [-0.3, -0.25) is 14.3 Å². The first-order valence-corrected chi connectivity index (χ1v) is 8.96. The maximum Gasteiger partial charge on any atom is 0.329 e. The monoisotopic (exact) mass is 344 g/mol. The smallest absolute Gasteiger partial charge is 0.309 e. The van der Waals surface area contributed by atoms with Gasteiger partial charge >= 0.3 is 5.69 Å². The fraction of sp³-hybridized carbons (Fsp3) is 0.353. The van der Waals surface area contributed by atoms with Crippen molar-refractivity contribution in [1.29, 1.82) is 0 Å². The summed E-state index contributed by atoms with van der Waals surface area (Å²) in [6, 6.07) is 9.94. The number of benzene rings is 1. The summed E-state index contributed by atoms with van der Waals surface area (Å²) in [5.74, 6) is 0.931. The van der Waals surface area contributed by atoms with Crippen molar-refractivity contribution in [3.05, 3.63) is 56.7 Å². The van der Waals surface area contributed by atoms with Crippen LogP contribution in [0.2, 0.25) is 0 Å². The quantitative estimate of drug-likeness (QED) is 0.550. The van der Waals surface area contributed by atoms with E-state index < -0.39 is 5.69 Å². The van der Waals surface area contributed by atoms with Gasteiger partial charge in [0.2, 0.25) is 0 Å². The number of aromatic nitrogens is 4. The van der Waals surface area contributed by atoms with E-state index in [-0.39, 0.29) is 5.56 Å². The summed E-state index contributed by atoms with van der Waals surface area (Å²) in [7, 11) is 1.63. The predicted molar refractivity (Wildman–Crippen MR) is 96.8 cm³/mol. The number of hydrogen-bond donors (Lipinski definition) is 1. The van der Waals surface area contributed by atoms with Gasteiger partial charge in [0.05, 0.1) is 6.54 Å². The molecule has 0 amide bonds. The summed E-state index contributed by atoms with van der Waals surface area (Å²) in [4.78, 5) is 31.2. The van der Waals surface area contributed by atoms with Crippen LogP contribution in [0.3, 0.4) is 0 Å². The number of H-pyrrole nitrogens is 1. The second-order valence-corrected chi connectivity index (χ2v) is 6.72. The summed E-state index contributed by atoms with van der Waals surface area (Å²) in [6.45, 7) is 2.69. The summed E-state index contributed by atoms with van der Waals surface area (Å²) in [5, 5.41) is 0.772. The molecule has 0 saturated heterocycles. The fourth-order valence-corrected chi connectivity index (χ4v) is 3.62. The lowest BCUT2D eigenvalue weighted by Gasteiger charge is -2.08. The number of unbranched alkanes of at least 4 members (excludes halogenated alkanes) is 1. The molecule has 3 rings (SSSR count). The molecular weight excluding hydrogens is 324 g/mol. The Hall–Kier alpha value is -2.28. The van der Waals surface area contributed by atoms with E-state index in [4.69, 9.17) is 0 Å². The van der Waals surface area contributed by atoms with Crippen LogP contribution in [0.1, 0.15) is 25.3 Å². The first-order chi connectivity index (χ1) is 11.6. The Labute approximate surface area is 143 Å². The number of rotatable bonds is 6. The average Bonchev–Trinajstić information content (AvgIpc) is 2.93. The molecule has 2 aromatic heterocycles. The van der Waals surface area contributed by atoms with Crippen molar-refractivity contribution >= 4 is 22.9 Å². The van der Waals surface area contributed by atoms with Crippen molar-refractivity contribution < 1.29 is 0 Å². The van der Waals surface area contributed by atoms with Gasteiger partial charge in [-0.15, -0.1) is 0 Å². The molecule has 0 aliphatic heterocycles. The van der Waals surface area contributed by atoms with Crippen LogP contribution in [0.5, 0.6) is 0 Å². The minimum absolute atomic E-state index is 0.390. The van der Waals surface area contributed by atoms with E-state index in [1.54, 1.807) is 18.8 Å². The van der Waals surface area contributed by atoms with Crippen LogP contribution < -0.4 is 11.2 Å². The highest BCUT2D eigenvalue weighted by Gasteiger charge is 2.17. The number of thioether (sulfide) groups is 1. The van der Waals surface area contributed by atoms with Crippen LogP contribution in [-0.2, 0) is 13.6 Å². The highest BCUT2D eigenvalue weighted by atomic mass is 32.2. The molecule has 1 N–H and O–H groups in total. The molecular formula is C17H20N4O2S. The van der Waals surface area contributed by atoms with Crippen LogP contribution in [0.15, 0.2) is 45.1 Å². The first-order valence-electron chi connectivity index (χ1n) is 7.98. The molecule has 0 saturated carbocycles. The van der Waals surface area contributed by atoms with Gasteiger partial charge in [0, 0.05) is 12.8 Å². The molecule has 7 heteroatoms. The lowest BCUT2D eigenvalue weighted by atomic mass is 10.2. The molecule has 0 aliphatic rings. The topological polar surface area (TPSA) is 72.7 Å². The van der Waals surface area contributed by atoms with Crippen molar-refractivity contribution in [1.82, 2.24) is 19.1 Å². The van der Waals surface area contributed by atoms with Gasteiger partial charge in [-0.25, -0.2) is 9.78 Å². The fourth-order valence-electron chi connectivity index (χ4n) is 2.55. The summed E-state index contributed by atoms with van der Waals surface area (Å²) in [6.07, 6.45) is 2.18. The van der Waals surface area contributed by atoms with Crippen molar-refractivity contribution in [2.75, 3.05) is 5.75 Å². The van der Waals surface area contributed by atoms with Crippen molar-refractivity contribution in [3.8, 4) is 0 Å². The number of aryl methyl sites for hydroxylation is 1. The molecule has 0 bridgehead atoms. The number of nitrogens with zero attached hydrogens (tertiary/aromatic N) is 3. The van der Waals surface area contributed by atoms with Crippen LogP contribution in [0, 0.1) is 0 Å². The number of aromatic amines is 1. The third-order valence-corrected chi connectivity index (χ3v) is 4.95. The molecule has 6 nitrogen and oxygen atoms in total. The average molecular weight is 344 g/mol. The minimum atomic E-state index is -0.443.